The predicted octanol–water partition coefficient (Wildman–Crippen LogP) is 27.0. The summed E-state index contributed by atoms with van der Waals surface area (Å²) in [4.78, 5) is 22.3. The minimum Gasteiger partial charge on any atom is -0.313 e. The average molecular weight is 1450 g/mol. The summed E-state index contributed by atoms with van der Waals surface area (Å²) in [5, 5.41) is 22.4. The van der Waals surface area contributed by atoms with Gasteiger partial charge in [-0.15, -0.1) is 0 Å². The molecule has 18 aromatic carbocycles. The molecule has 0 atom stereocenters. The van der Waals surface area contributed by atoms with Crippen LogP contribution in [0.4, 0.5) is 0 Å². The first kappa shape index (κ1) is 62.7. The van der Waals surface area contributed by atoms with Gasteiger partial charge < -0.3 is 9.13 Å². The van der Waals surface area contributed by atoms with E-state index in [-0.39, 0.29) is 0 Å². The minimum absolute atomic E-state index is 0.622. The second kappa shape index (κ2) is 24.2. The zero-order valence-electron chi connectivity index (χ0n) is 61.6. The van der Waals surface area contributed by atoms with Crippen LogP contribution in [-0.4, -0.2) is 38.2 Å². The first-order valence-corrected chi connectivity index (χ1v) is 39.3. The fourth-order valence-corrected chi connectivity index (χ4v) is 19.5. The summed E-state index contributed by atoms with van der Waals surface area (Å²) >= 11 is 0. The molecule has 0 fully saturated rings. The lowest BCUT2D eigenvalue weighted by molar-refractivity contribution is 0.871. The van der Waals surface area contributed by atoms with Crippen LogP contribution in [0.2, 0.25) is 0 Å². The fraction of sp³-hybridized carbons (Fsp3) is 0.0189. The van der Waals surface area contributed by atoms with Crippen LogP contribution in [0.5, 0.6) is 0 Å². The van der Waals surface area contributed by atoms with Gasteiger partial charge in [0, 0.05) is 82.2 Å². The van der Waals surface area contributed by atoms with E-state index in [0.717, 1.165) is 151 Å². The topological polar surface area (TPSA) is 71.3 Å². The average Bonchev–Trinajstić information content (AvgIpc) is 1.55. The summed E-state index contributed by atoms with van der Waals surface area (Å²) in [7, 11) is 0. The molecule has 24 aromatic rings. The van der Waals surface area contributed by atoms with Gasteiger partial charge >= 0.3 is 0 Å². The van der Waals surface area contributed by atoms with Crippen molar-refractivity contribution in [3.8, 4) is 79.2 Å². The van der Waals surface area contributed by atoms with Gasteiger partial charge in [0.05, 0.1) is 61.0 Å². The Morgan fingerprint density at radius 2 is 0.719 bits per heavy atom. The Bertz CT molecular complexity index is 8320. The van der Waals surface area contributed by atoms with E-state index < -0.39 is 0 Å². The highest BCUT2D eigenvalue weighted by molar-refractivity contribution is 6.28. The van der Waals surface area contributed by atoms with Crippen molar-refractivity contribution in [3.05, 3.63) is 375 Å². The summed E-state index contributed by atoms with van der Waals surface area (Å²) in [6.45, 7) is 0. The van der Waals surface area contributed by atoms with Crippen molar-refractivity contribution in [2.75, 3.05) is 0 Å². The Balaban J connectivity index is 0.622. The zero-order chi connectivity index (χ0) is 74.4. The maximum absolute atomic E-state index is 5.72. The standard InChI is InChI=1S/C106H64N8/c1-2-29-73(30-3-1)111-95-53-51-79-75-32-8-6-22-64(75)45-49-83(79)101(95)89-59-87-81-34-12-16-41-93(81)113(97(87)61-99(89)111)106-108-92-40-15-11-37-86(92)104(110-106)72-47-48-78-70(57-72)28-20-38-77(78)69-27-18-25-67(55-69)68-26-19-31-74(58-68)112-96-54-52-80-76-33-9-7-23-65(76)46-50-84(80)102(96)90-60-88-82-35-13-17-42-94(82)114(98(88)62-100(90)112)105-107-91-39-14-10-36-85(91)103(109-105)71-44-43-63-21-4-5-24-66(63)56-71/h1-50,52,54-62H,51,53H2. The molecule has 25 rings (SSSR count). The molecular weight excluding hydrogens is 1390 g/mol. The number of benzene rings is 18. The molecule has 0 saturated heterocycles. The molecule has 6 heterocycles. The number of fused-ring (bicyclic) bond motifs is 24. The summed E-state index contributed by atoms with van der Waals surface area (Å²) in [5.74, 6) is 1.25. The Morgan fingerprint density at radius 1 is 0.211 bits per heavy atom. The Hall–Kier alpha value is -15.1. The van der Waals surface area contributed by atoms with Crippen LogP contribution in [0.1, 0.15) is 11.3 Å². The minimum atomic E-state index is 0.622. The molecular formula is C106H64N8. The van der Waals surface area contributed by atoms with E-state index in [1.807, 2.05) is 0 Å². The van der Waals surface area contributed by atoms with Crippen LogP contribution >= 0.6 is 0 Å². The van der Waals surface area contributed by atoms with Crippen molar-refractivity contribution >= 4 is 152 Å². The summed E-state index contributed by atoms with van der Waals surface area (Å²) in [6.07, 6.45) is 1.90. The number of aromatic nitrogens is 8. The van der Waals surface area contributed by atoms with Gasteiger partial charge in [0.2, 0.25) is 11.9 Å². The summed E-state index contributed by atoms with van der Waals surface area (Å²) < 4.78 is 9.60. The van der Waals surface area contributed by atoms with Crippen LogP contribution < -0.4 is 0 Å². The van der Waals surface area contributed by atoms with Crippen molar-refractivity contribution in [1.82, 2.24) is 38.2 Å². The van der Waals surface area contributed by atoms with Crippen LogP contribution in [0, 0.1) is 0 Å². The lowest BCUT2D eigenvalue weighted by Crippen LogP contribution is -2.08. The number of aryl methyl sites for hydroxylation is 1. The third-order valence-corrected chi connectivity index (χ3v) is 24.6. The van der Waals surface area contributed by atoms with E-state index in [1.165, 1.54) is 92.5 Å². The highest BCUT2D eigenvalue weighted by Crippen LogP contribution is 2.49. The molecule has 0 amide bonds. The van der Waals surface area contributed by atoms with Gasteiger partial charge in [0.15, 0.2) is 0 Å². The SMILES string of the molecule is c1ccc(-n2c3c(c4cc5c6ccccc6n(-c6nc(-c7ccc8c(-c9cccc(-c%10cccc(-n%11c%12cc%13c(cc%12c%12c%14ccc%15ccccc%15c%14ccc%12%11)c%11ccccc%11n%13-c%11nc(-c%12ccc%13ccccc%13c%12)c%12ccccc%12n%11)c%10)c9)cccc8c7)c7ccccc7n6)c5cc42)-c2ccc4ccccc4c2CC3)cc1. The third kappa shape index (κ3) is 9.27. The fourth-order valence-electron chi connectivity index (χ4n) is 19.5. The lowest BCUT2D eigenvalue weighted by atomic mass is 9.85. The molecule has 528 valence electrons. The van der Waals surface area contributed by atoms with E-state index in [1.54, 1.807) is 0 Å². The molecule has 114 heavy (non-hydrogen) atoms. The predicted molar refractivity (Wildman–Crippen MR) is 475 cm³/mol. The quantitative estimate of drug-likeness (QED) is 0.142. The molecule has 1 aliphatic carbocycles. The molecule has 1 aliphatic rings. The molecule has 8 nitrogen and oxygen atoms in total. The number of para-hydroxylation sites is 5. The Morgan fingerprint density at radius 3 is 1.45 bits per heavy atom. The van der Waals surface area contributed by atoms with Crippen LogP contribution in [0.15, 0.2) is 364 Å². The normalized spacial score (nSPS) is 12.5. The number of hydrogen-bond acceptors (Lipinski definition) is 4. The maximum atomic E-state index is 5.72. The van der Waals surface area contributed by atoms with Crippen molar-refractivity contribution in [3.63, 3.8) is 0 Å². The van der Waals surface area contributed by atoms with Gasteiger partial charge in [-0.3, -0.25) is 9.13 Å². The van der Waals surface area contributed by atoms with E-state index in [9.17, 15) is 0 Å². The smallest absolute Gasteiger partial charge is 0.235 e. The highest BCUT2D eigenvalue weighted by atomic mass is 15.2. The van der Waals surface area contributed by atoms with E-state index in [2.05, 4.69) is 382 Å². The maximum Gasteiger partial charge on any atom is 0.235 e. The number of nitrogens with zero attached hydrogens (tertiary/aromatic N) is 8. The molecule has 8 heteroatoms. The first-order chi connectivity index (χ1) is 56.5. The second-order valence-electron chi connectivity index (χ2n) is 30.7. The summed E-state index contributed by atoms with van der Waals surface area (Å²) in [5.41, 5.74) is 25.3. The number of hydrogen-bond donors (Lipinski definition) is 0. The van der Waals surface area contributed by atoms with Crippen LogP contribution in [-0.2, 0) is 12.8 Å². The Labute approximate surface area is 653 Å². The molecule has 0 bridgehead atoms. The second-order valence-corrected chi connectivity index (χ2v) is 30.7. The van der Waals surface area contributed by atoms with Crippen LogP contribution in [0.25, 0.3) is 231 Å². The van der Waals surface area contributed by atoms with E-state index >= 15 is 0 Å². The highest BCUT2D eigenvalue weighted by Gasteiger charge is 2.30. The molecule has 0 N–H and O–H groups in total. The molecule has 0 aliphatic heterocycles. The molecule has 0 spiro atoms. The molecule has 0 radical (unpaired) electrons. The lowest BCUT2D eigenvalue weighted by Gasteiger charge is -2.21. The van der Waals surface area contributed by atoms with Gasteiger partial charge in [-0.25, -0.2) is 19.9 Å². The van der Waals surface area contributed by atoms with Gasteiger partial charge in [-0.1, -0.05) is 267 Å². The zero-order valence-corrected chi connectivity index (χ0v) is 61.6. The van der Waals surface area contributed by atoms with Gasteiger partial charge in [0.25, 0.3) is 0 Å². The Kier molecular flexibility index (Phi) is 13.3. The molecule has 6 aromatic heterocycles. The third-order valence-electron chi connectivity index (χ3n) is 24.6. The van der Waals surface area contributed by atoms with Crippen molar-refractivity contribution in [2.24, 2.45) is 0 Å². The van der Waals surface area contributed by atoms with E-state index in [0.29, 0.717) is 11.9 Å². The summed E-state index contributed by atoms with van der Waals surface area (Å²) in [6, 6.07) is 134. The first-order valence-electron chi connectivity index (χ1n) is 39.3. The molecule has 0 saturated carbocycles. The van der Waals surface area contributed by atoms with Crippen LogP contribution in [0.3, 0.4) is 0 Å². The largest absolute Gasteiger partial charge is 0.313 e. The van der Waals surface area contributed by atoms with Gasteiger partial charge in [0.1, 0.15) is 0 Å². The van der Waals surface area contributed by atoms with Crippen molar-refractivity contribution in [2.45, 2.75) is 12.8 Å². The van der Waals surface area contributed by atoms with Crippen molar-refractivity contribution < 1.29 is 0 Å². The molecule has 0 unspecified atom stereocenters. The van der Waals surface area contributed by atoms with Gasteiger partial charge in [-0.2, -0.15) is 0 Å². The van der Waals surface area contributed by atoms with Crippen molar-refractivity contribution in [1.29, 1.82) is 0 Å². The number of rotatable bonds is 8. The van der Waals surface area contributed by atoms with Gasteiger partial charge in [-0.05, 0) is 197 Å². The van der Waals surface area contributed by atoms with E-state index in [4.69, 9.17) is 19.9 Å². The monoisotopic (exact) mass is 1450 g/mol.